The number of aromatic nitrogens is 1. The zero-order valence-electron chi connectivity index (χ0n) is 10.0. The van der Waals surface area contributed by atoms with Gasteiger partial charge in [-0.1, -0.05) is 32.1 Å². The predicted molar refractivity (Wildman–Crippen MR) is 68.5 cm³/mol. The second-order valence-corrected chi connectivity index (χ2v) is 5.21. The highest BCUT2D eigenvalue weighted by Gasteiger charge is 2.15. The molecule has 1 aliphatic carbocycles. The molecular weight excluding hydrogens is 213 g/mol. The zero-order chi connectivity index (χ0) is 11.7. The van der Waals surface area contributed by atoms with E-state index in [1.807, 2.05) is 6.07 Å². The molecule has 2 heteroatoms. The third-order valence-electron chi connectivity index (χ3n) is 3.96. The molecule has 0 amide bonds. The maximum Gasteiger partial charge on any atom is 0.123 e. The number of aromatic amines is 1. The summed E-state index contributed by atoms with van der Waals surface area (Å²) in [5.41, 5.74) is 2.34. The summed E-state index contributed by atoms with van der Waals surface area (Å²) in [6, 6.07) is 5.00. The Morgan fingerprint density at radius 1 is 1.18 bits per heavy atom. The molecule has 0 bridgehead atoms. The van der Waals surface area contributed by atoms with Gasteiger partial charge in [-0.25, -0.2) is 4.39 Å². The Bertz CT molecular complexity index is 509. The molecular formula is C15H18FN. The number of nitrogens with one attached hydrogen (secondary N) is 1. The molecule has 1 aliphatic rings. The first-order valence-electron chi connectivity index (χ1n) is 6.58. The first kappa shape index (κ1) is 10.8. The molecule has 0 radical (unpaired) electrons. The average molecular weight is 231 g/mol. The minimum absolute atomic E-state index is 0.137. The van der Waals surface area contributed by atoms with Crippen molar-refractivity contribution in [2.75, 3.05) is 0 Å². The fraction of sp³-hybridized carbons (Fsp3) is 0.467. The summed E-state index contributed by atoms with van der Waals surface area (Å²) in [7, 11) is 0. The van der Waals surface area contributed by atoms with E-state index in [-0.39, 0.29) is 5.82 Å². The Kier molecular flexibility index (Phi) is 2.87. The number of hydrogen-bond donors (Lipinski definition) is 1. The van der Waals surface area contributed by atoms with Crippen molar-refractivity contribution in [3.63, 3.8) is 0 Å². The van der Waals surface area contributed by atoms with Crippen LogP contribution in [0.3, 0.4) is 0 Å². The van der Waals surface area contributed by atoms with Crippen molar-refractivity contribution in [2.24, 2.45) is 5.92 Å². The topological polar surface area (TPSA) is 15.8 Å². The van der Waals surface area contributed by atoms with E-state index in [4.69, 9.17) is 0 Å². The summed E-state index contributed by atoms with van der Waals surface area (Å²) >= 11 is 0. The SMILES string of the molecule is Fc1ccc2[nH]cc(CC3CCCCC3)c2c1. The van der Waals surface area contributed by atoms with Gasteiger partial charge in [0.25, 0.3) is 0 Å². The fourth-order valence-electron chi connectivity index (χ4n) is 3.02. The summed E-state index contributed by atoms with van der Waals surface area (Å²) < 4.78 is 13.3. The number of halogens is 1. The largest absolute Gasteiger partial charge is 0.361 e. The van der Waals surface area contributed by atoms with Crippen LogP contribution in [0.5, 0.6) is 0 Å². The lowest BCUT2D eigenvalue weighted by atomic mass is 9.85. The van der Waals surface area contributed by atoms with Crippen LogP contribution < -0.4 is 0 Å². The van der Waals surface area contributed by atoms with E-state index < -0.39 is 0 Å². The normalized spacial score (nSPS) is 17.7. The summed E-state index contributed by atoms with van der Waals surface area (Å²) in [6.45, 7) is 0. The minimum atomic E-state index is -0.137. The van der Waals surface area contributed by atoms with Crippen molar-refractivity contribution in [3.05, 3.63) is 35.8 Å². The van der Waals surface area contributed by atoms with Gasteiger partial charge in [0.15, 0.2) is 0 Å². The lowest BCUT2D eigenvalue weighted by Gasteiger charge is -2.21. The van der Waals surface area contributed by atoms with Gasteiger partial charge in [0.1, 0.15) is 5.82 Å². The fourth-order valence-corrected chi connectivity index (χ4v) is 3.02. The van der Waals surface area contributed by atoms with Gasteiger partial charge in [-0.15, -0.1) is 0 Å². The second-order valence-electron chi connectivity index (χ2n) is 5.21. The molecule has 1 fully saturated rings. The molecule has 1 heterocycles. The molecule has 1 aromatic carbocycles. The molecule has 1 nitrogen and oxygen atoms in total. The maximum absolute atomic E-state index is 13.3. The standard InChI is InChI=1S/C15H18FN/c16-13-6-7-15-14(9-13)12(10-17-15)8-11-4-2-1-3-5-11/h6-7,9-11,17H,1-5,8H2. The first-order chi connectivity index (χ1) is 8.33. The van der Waals surface area contributed by atoms with Gasteiger partial charge in [0.05, 0.1) is 0 Å². The van der Waals surface area contributed by atoms with E-state index in [0.717, 1.165) is 23.2 Å². The smallest absolute Gasteiger partial charge is 0.123 e. The van der Waals surface area contributed by atoms with Crippen LogP contribution in [0.1, 0.15) is 37.7 Å². The van der Waals surface area contributed by atoms with Gasteiger partial charge < -0.3 is 4.98 Å². The van der Waals surface area contributed by atoms with E-state index in [1.54, 1.807) is 6.07 Å². The van der Waals surface area contributed by atoms with Crippen LogP contribution in [0.25, 0.3) is 10.9 Å². The molecule has 0 aliphatic heterocycles. The second kappa shape index (κ2) is 4.52. The number of fused-ring (bicyclic) bond motifs is 1. The Morgan fingerprint density at radius 3 is 2.82 bits per heavy atom. The predicted octanol–water partition coefficient (Wildman–Crippen LogP) is 4.43. The third kappa shape index (κ3) is 2.21. The maximum atomic E-state index is 13.3. The van der Waals surface area contributed by atoms with Crippen LogP contribution in [0.4, 0.5) is 4.39 Å². The minimum Gasteiger partial charge on any atom is -0.361 e. The Balaban J connectivity index is 1.86. The van der Waals surface area contributed by atoms with Crippen molar-refractivity contribution in [1.82, 2.24) is 4.98 Å². The number of hydrogen-bond acceptors (Lipinski definition) is 0. The van der Waals surface area contributed by atoms with Crippen molar-refractivity contribution in [3.8, 4) is 0 Å². The van der Waals surface area contributed by atoms with Crippen molar-refractivity contribution in [2.45, 2.75) is 38.5 Å². The summed E-state index contributed by atoms with van der Waals surface area (Å²) in [4.78, 5) is 3.24. The molecule has 17 heavy (non-hydrogen) atoms. The Hall–Kier alpha value is -1.31. The van der Waals surface area contributed by atoms with E-state index in [9.17, 15) is 4.39 Å². The molecule has 90 valence electrons. The highest BCUT2D eigenvalue weighted by molar-refractivity contribution is 5.83. The van der Waals surface area contributed by atoms with Crippen LogP contribution in [-0.4, -0.2) is 4.98 Å². The number of rotatable bonds is 2. The monoisotopic (exact) mass is 231 g/mol. The van der Waals surface area contributed by atoms with Gasteiger partial charge in [0.2, 0.25) is 0 Å². The number of H-pyrrole nitrogens is 1. The van der Waals surface area contributed by atoms with E-state index in [0.29, 0.717) is 0 Å². The van der Waals surface area contributed by atoms with Crippen LogP contribution in [0, 0.1) is 11.7 Å². The van der Waals surface area contributed by atoms with Gasteiger partial charge in [-0.05, 0) is 36.1 Å². The third-order valence-corrected chi connectivity index (χ3v) is 3.96. The highest BCUT2D eigenvalue weighted by atomic mass is 19.1. The van der Waals surface area contributed by atoms with Gasteiger partial charge in [-0.2, -0.15) is 0 Å². The average Bonchev–Trinajstić information content (AvgIpc) is 2.73. The summed E-state index contributed by atoms with van der Waals surface area (Å²) in [5, 5.41) is 1.07. The molecule has 3 rings (SSSR count). The first-order valence-corrected chi connectivity index (χ1v) is 6.58. The van der Waals surface area contributed by atoms with Gasteiger partial charge >= 0.3 is 0 Å². The molecule has 0 spiro atoms. The molecule has 1 aromatic heterocycles. The zero-order valence-corrected chi connectivity index (χ0v) is 10.0. The van der Waals surface area contributed by atoms with Crippen LogP contribution >= 0.6 is 0 Å². The van der Waals surface area contributed by atoms with E-state index in [1.165, 1.54) is 43.7 Å². The molecule has 2 aromatic rings. The quantitative estimate of drug-likeness (QED) is 0.787. The van der Waals surface area contributed by atoms with E-state index >= 15 is 0 Å². The Labute approximate surface area is 101 Å². The van der Waals surface area contributed by atoms with E-state index in [2.05, 4.69) is 11.2 Å². The van der Waals surface area contributed by atoms with Crippen LogP contribution in [-0.2, 0) is 6.42 Å². The molecule has 0 saturated heterocycles. The van der Waals surface area contributed by atoms with Gasteiger partial charge in [-0.3, -0.25) is 0 Å². The van der Waals surface area contributed by atoms with Crippen molar-refractivity contribution >= 4 is 10.9 Å². The lowest BCUT2D eigenvalue weighted by Crippen LogP contribution is -2.08. The summed E-state index contributed by atoms with van der Waals surface area (Å²) in [6.07, 6.45) is 9.94. The van der Waals surface area contributed by atoms with Crippen molar-refractivity contribution in [1.29, 1.82) is 0 Å². The highest BCUT2D eigenvalue weighted by Crippen LogP contribution is 2.29. The Morgan fingerprint density at radius 2 is 2.00 bits per heavy atom. The number of benzene rings is 1. The lowest BCUT2D eigenvalue weighted by molar-refractivity contribution is 0.357. The van der Waals surface area contributed by atoms with Crippen LogP contribution in [0.2, 0.25) is 0 Å². The van der Waals surface area contributed by atoms with Gasteiger partial charge in [0, 0.05) is 17.1 Å². The molecule has 0 unspecified atom stereocenters. The summed E-state index contributed by atoms with van der Waals surface area (Å²) in [5.74, 6) is 0.660. The molecule has 1 N–H and O–H groups in total. The van der Waals surface area contributed by atoms with Crippen LogP contribution in [0.15, 0.2) is 24.4 Å². The van der Waals surface area contributed by atoms with Crippen molar-refractivity contribution < 1.29 is 4.39 Å². The molecule has 1 saturated carbocycles. The molecule has 0 atom stereocenters.